The number of rotatable bonds is 3. The molecule has 1 amide bonds. The van der Waals surface area contributed by atoms with Crippen molar-refractivity contribution in [3.63, 3.8) is 0 Å². The maximum atomic E-state index is 11.8. The van der Waals surface area contributed by atoms with Crippen LogP contribution in [0.15, 0.2) is 24.3 Å². The molecule has 2 rings (SSSR count). The standard InChI is InChI=1S/C11H13N5O/c1-3-16-14-11(13-15-16)12-10(17)9-6-4-5-8(2)7-9/h4-7H,3H2,1-2H3,(H,12,14,17). The molecule has 0 aliphatic carbocycles. The van der Waals surface area contributed by atoms with Crippen molar-refractivity contribution in [1.82, 2.24) is 20.2 Å². The first-order valence-electron chi connectivity index (χ1n) is 5.35. The normalized spacial score (nSPS) is 10.2. The molecule has 0 saturated heterocycles. The van der Waals surface area contributed by atoms with Crippen molar-refractivity contribution in [2.24, 2.45) is 0 Å². The van der Waals surface area contributed by atoms with Gasteiger partial charge >= 0.3 is 0 Å². The Bertz CT molecular complexity index is 534. The van der Waals surface area contributed by atoms with E-state index in [1.807, 2.05) is 26.0 Å². The predicted octanol–water partition coefficient (Wildman–Crippen LogP) is 1.25. The lowest BCUT2D eigenvalue weighted by Crippen LogP contribution is -2.13. The molecule has 1 aromatic carbocycles. The summed E-state index contributed by atoms with van der Waals surface area (Å²) in [6.07, 6.45) is 0. The summed E-state index contributed by atoms with van der Waals surface area (Å²) >= 11 is 0. The lowest BCUT2D eigenvalue weighted by molar-refractivity contribution is 0.102. The molecule has 0 radical (unpaired) electrons. The van der Waals surface area contributed by atoms with E-state index in [4.69, 9.17) is 0 Å². The Kier molecular flexibility index (Phi) is 3.13. The van der Waals surface area contributed by atoms with Crippen molar-refractivity contribution >= 4 is 11.9 Å². The second-order valence-electron chi connectivity index (χ2n) is 3.63. The zero-order chi connectivity index (χ0) is 12.3. The monoisotopic (exact) mass is 231 g/mol. The SMILES string of the molecule is CCn1nnc(NC(=O)c2cccc(C)c2)n1. The van der Waals surface area contributed by atoms with Crippen molar-refractivity contribution in [3.8, 4) is 0 Å². The van der Waals surface area contributed by atoms with Gasteiger partial charge < -0.3 is 0 Å². The molecular formula is C11H13N5O. The smallest absolute Gasteiger partial charge is 0.270 e. The third-order valence-electron chi connectivity index (χ3n) is 2.24. The first-order chi connectivity index (χ1) is 8.19. The third-order valence-corrected chi connectivity index (χ3v) is 2.24. The van der Waals surface area contributed by atoms with Crippen LogP contribution in [0.4, 0.5) is 5.95 Å². The van der Waals surface area contributed by atoms with Gasteiger partial charge in [-0.2, -0.15) is 4.80 Å². The first-order valence-corrected chi connectivity index (χ1v) is 5.35. The van der Waals surface area contributed by atoms with Gasteiger partial charge in [-0.25, -0.2) is 0 Å². The topological polar surface area (TPSA) is 72.7 Å². The van der Waals surface area contributed by atoms with Crippen LogP contribution in [0, 0.1) is 6.92 Å². The van der Waals surface area contributed by atoms with Crippen LogP contribution >= 0.6 is 0 Å². The summed E-state index contributed by atoms with van der Waals surface area (Å²) in [7, 11) is 0. The van der Waals surface area contributed by atoms with Gasteiger partial charge in [0.1, 0.15) is 0 Å². The average molecular weight is 231 g/mol. The molecular weight excluding hydrogens is 218 g/mol. The summed E-state index contributed by atoms with van der Waals surface area (Å²) in [5, 5.41) is 14.1. The number of hydrogen-bond acceptors (Lipinski definition) is 4. The molecule has 6 nitrogen and oxygen atoms in total. The first kappa shape index (κ1) is 11.3. The Hall–Kier alpha value is -2.24. The molecule has 0 spiro atoms. The number of carbonyl (C=O) groups is 1. The highest BCUT2D eigenvalue weighted by atomic mass is 16.1. The van der Waals surface area contributed by atoms with Gasteiger partial charge in [0, 0.05) is 5.56 Å². The molecule has 88 valence electrons. The van der Waals surface area contributed by atoms with Crippen LogP contribution in [-0.2, 0) is 6.54 Å². The largest absolute Gasteiger partial charge is 0.288 e. The van der Waals surface area contributed by atoms with Crippen molar-refractivity contribution in [3.05, 3.63) is 35.4 Å². The zero-order valence-electron chi connectivity index (χ0n) is 9.71. The number of hydrogen-bond donors (Lipinski definition) is 1. The number of benzene rings is 1. The van der Waals surface area contributed by atoms with E-state index in [2.05, 4.69) is 20.7 Å². The highest BCUT2D eigenvalue weighted by Crippen LogP contribution is 2.06. The van der Waals surface area contributed by atoms with Gasteiger partial charge in [-0.05, 0) is 31.2 Å². The summed E-state index contributed by atoms with van der Waals surface area (Å²) < 4.78 is 0. The van der Waals surface area contributed by atoms with E-state index in [0.717, 1.165) is 5.56 Å². The Morgan fingerprint density at radius 2 is 2.29 bits per heavy atom. The fourth-order valence-electron chi connectivity index (χ4n) is 1.39. The van der Waals surface area contributed by atoms with Crippen LogP contribution in [0.5, 0.6) is 0 Å². The maximum absolute atomic E-state index is 11.8. The van der Waals surface area contributed by atoms with Crippen molar-refractivity contribution < 1.29 is 4.79 Å². The molecule has 1 aromatic heterocycles. The summed E-state index contributed by atoms with van der Waals surface area (Å²) in [5.74, 6) is -0.0114. The van der Waals surface area contributed by atoms with Gasteiger partial charge in [0.05, 0.1) is 6.54 Å². The maximum Gasteiger partial charge on any atom is 0.270 e. The van der Waals surface area contributed by atoms with Gasteiger partial charge in [-0.1, -0.05) is 22.8 Å². The zero-order valence-corrected chi connectivity index (χ0v) is 9.71. The minimum Gasteiger partial charge on any atom is -0.288 e. The number of tetrazole rings is 1. The lowest BCUT2D eigenvalue weighted by Gasteiger charge is -2.01. The molecule has 17 heavy (non-hydrogen) atoms. The lowest BCUT2D eigenvalue weighted by atomic mass is 10.1. The van der Waals surface area contributed by atoms with E-state index in [1.165, 1.54) is 4.80 Å². The van der Waals surface area contributed by atoms with E-state index < -0.39 is 0 Å². The average Bonchev–Trinajstić information content (AvgIpc) is 2.77. The van der Waals surface area contributed by atoms with E-state index >= 15 is 0 Å². The second kappa shape index (κ2) is 4.73. The minimum absolute atomic E-state index is 0.221. The molecule has 6 heteroatoms. The molecule has 1 N–H and O–H groups in total. The number of anilines is 1. The summed E-state index contributed by atoms with van der Waals surface area (Å²) in [6, 6.07) is 7.31. The second-order valence-corrected chi connectivity index (χ2v) is 3.63. The van der Waals surface area contributed by atoms with Crippen molar-refractivity contribution in [2.75, 3.05) is 5.32 Å². The minimum atomic E-state index is -0.232. The molecule has 0 unspecified atom stereocenters. The Labute approximate surface area is 98.6 Å². The van der Waals surface area contributed by atoms with E-state index in [0.29, 0.717) is 12.1 Å². The van der Waals surface area contributed by atoms with Gasteiger partial charge in [-0.3, -0.25) is 10.1 Å². The van der Waals surface area contributed by atoms with Gasteiger partial charge in [0.25, 0.3) is 11.9 Å². The van der Waals surface area contributed by atoms with Crippen LogP contribution in [0.2, 0.25) is 0 Å². The number of aryl methyl sites for hydroxylation is 2. The van der Waals surface area contributed by atoms with Crippen molar-refractivity contribution in [1.29, 1.82) is 0 Å². The van der Waals surface area contributed by atoms with Gasteiger partial charge in [-0.15, -0.1) is 5.10 Å². The molecule has 0 fully saturated rings. The number of aromatic nitrogens is 4. The number of amides is 1. The fraction of sp³-hybridized carbons (Fsp3) is 0.273. The van der Waals surface area contributed by atoms with Crippen LogP contribution in [-0.4, -0.2) is 26.1 Å². The van der Waals surface area contributed by atoms with Crippen molar-refractivity contribution in [2.45, 2.75) is 20.4 Å². The van der Waals surface area contributed by atoms with Crippen LogP contribution in [0.1, 0.15) is 22.8 Å². The quantitative estimate of drug-likeness (QED) is 0.862. The number of nitrogens with zero attached hydrogens (tertiary/aromatic N) is 4. The Morgan fingerprint density at radius 3 is 2.94 bits per heavy atom. The van der Waals surface area contributed by atoms with E-state index in [-0.39, 0.29) is 11.9 Å². The van der Waals surface area contributed by atoms with Gasteiger partial charge in [0.2, 0.25) is 0 Å². The molecule has 0 bridgehead atoms. The molecule has 0 aliphatic rings. The van der Waals surface area contributed by atoms with Crippen LogP contribution in [0.3, 0.4) is 0 Å². The Morgan fingerprint density at radius 1 is 1.47 bits per heavy atom. The molecule has 0 aliphatic heterocycles. The molecule has 0 saturated carbocycles. The number of nitrogens with one attached hydrogen (secondary N) is 1. The number of carbonyl (C=O) groups excluding carboxylic acids is 1. The highest BCUT2D eigenvalue weighted by molar-refractivity contribution is 6.03. The van der Waals surface area contributed by atoms with Crippen LogP contribution < -0.4 is 5.32 Å². The third kappa shape index (κ3) is 2.66. The highest BCUT2D eigenvalue weighted by Gasteiger charge is 2.09. The van der Waals surface area contributed by atoms with E-state index in [9.17, 15) is 4.79 Å². The molecule has 0 atom stereocenters. The summed E-state index contributed by atoms with van der Waals surface area (Å²) in [5.41, 5.74) is 1.61. The summed E-state index contributed by atoms with van der Waals surface area (Å²) in [4.78, 5) is 13.2. The van der Waals surface area contributed by atoms with E-state index in [1.54, 1.807) is 12.1 Å². The molecule has 1 heterocycles. The predicted molar refractivity (Wildman–Crippen MR) is 62.6 cm³/mol. The van der Waals surface area contributed by atoms with Crippen LogP contribution in [0.25, 0.3) is 0 Å². The fourth-order valence-corrected chi connectivity index (χ4v) is 1.39. The van der Waals surface area contributed by atoms with Gasteiger partial charge in [0.15, 0.2) is 0 Å². The Balaban J connectivity index is 2.11. The summed E-state index contributed by atoms with van der Waals surface area (Å²) in [6.45, 7) is 4.45. The molecule has 2 aromatic rings.